The van der Waals surface area contributed by atoms with Crippen molar-refractivity contribution in [1.82, 2.24) is 14.8 Å². The largest absolute Gasteiger partial charge is 0.490 e. The fourth-order valence-corrected chi connectivity index (χ4v) is 1.22. The predicted octanol–water partition coefficient (Wildman–Crippen LogP) is 1.37. The summed E-state index contributed by atoms with van der Waals surface area (Å²) >= 11 is 0. The first-order valence-corrected chi connectivity index (χ1v) is 4.43. The van der Waals surface area contributed by atoms with Gasteiger partial charge in [0.2, 0.25) is 6.33 Å². The molecule has 0 saturated heterocycles. The number of halogens is 1. The third-order valence-corrected chi connectivity index (χ3v) is 1.95. The number of benzene rings is 1. The van der Waals surface area contributed by atoms with E-state index < -0.39 is 10.9 Å². The zero-order valence-corrected chi connectivity index (χ0v) is 8.08. The second-order valence-corrected chi connectivity index (χ2v) is 3.13. The maximum absolute atomic E-state index is 12.6. The van der Waals surface area contributed by atoms with Crippen molar-refractivity contribution in [3.63, 3.8) is 0 Å². The third kappa shape index (κ3) is 2.19. The Balaban J connectivity index is 2.14. The standard InChI is InChI=1S/C9H7FN4O2/c10-8-3-1-7(2-4-8)5-13-6-11-9(12-13)14(15)16/h1-4,6H,5H2. The van der Waals surface area contributed by atoms with Crippen LogP contribution >= 0.6 is 0 Å². The van der Waals surface area contributed by atoms with E-state index in [2.05, 4.69) is 10.1 Å². The van der Waals surface area contributed by atoms with E-state index in [-0.39, 0.29) is 5.82 Å². The van der Waals surface area contributed by atoms with E-state index in [9.17, 15) is 14.5 Å². The van der Waals surface area contributed by atoms with Gasteiger partial charge >= 0.3 is 5.95 Å². The molecule has 2 rings (SSSR count). The fraction of sp³-hybridized carbons (Fsp3) is 0.111. The number of hydrogen-bond acceptors (Lipinski definition) is 4. The summed E-state index contributed by atoms with van der Waals surface area (Å²) in [6, 6.07) is 5.81. The van der Waals surface area contributed by atoms with Crippen molar-refractivity contribution in [3.05, 3.63) is 52.1 Å². The molecule has 1 aromatic heterocycles. The van der Waals surface area contributed by atoms with Crippen molar-refractivity contribution < 1.29 is 9.31 Å². The molecular formula is C9H7FN4O2. The van der Waals surface area contributed by atoms with Gasteiger partial charge < -0.3 is 10.1 Å². The molecule has 0 fully saturated rings. The van der Waals surface area contributed by atoms with Crippen molar-refractivity contribution in [2.45, 2.75) is 6.54 Å². The van der Waals surface area contributed by atoms with Crippen molar-refractivity contribution >= 4 is 5.95 Å². The number of nitro groups is 1. The molecule has 0 spiro atoms. The van der Waals surface area contributed by atoms with Gasteiger partial charge in [-0.15, -0.1) is 0 Å². The molecule has 16 heavy (non-hydrogen) atoms. The normalized spacial score (nSPS) is 10.3. The van der Waals surface area contributed by atoms with Crippen LogP contribution in [0.4, 0.5) is 10.3 Å². The third-order valence-electron chi connectivity index (χ3n) is 1.95. The van der Waals surface area contributed by atoms with Crippen molar-refractivity contribution in [2.24, 2.45) is 0 Å². The zero-order chi connectivity index (χ0) is 11.5. The van der Waals surface area contributed by atoms with E-state index in [1.165, 1.54) is 23.1 Å². The van der Waals surface area contributed by atoms with Crippen molar-refractivity contribution in [2.75, 3.05) is 0 Å². The van der Waals surface area contributed by atoms with Crippen molar-refractivity contribution in [3.8, 4) is 0 Å². The van der Waals surface area contributed by atoms with Gasteiger partial charge in [0.15, 0.2) is 0 Å². The molecule has 0 aliphatic rings. The molecule has 0 unspecified atom stereocenters. The van der Waals surface area contributed by atoms with Gasteiger partial charge in [0.25, 0.3) is 0 Å². The number of hydrogen-bond donors (Lipinski definition) is 0. The predicted molar refractivity (Wildman–Crippen MR) is 52.2 cm³/mol. The van der Waals surface area contributed by atoms with E-state index >= 15 is 0 Å². The summed E-state index contributed by atoms with van der Waals surface area (Å²) in [4.78, 5) is 13.2. The van der Waals surface area contributed by atoms with Crippen LogP contribution < -0.4 is 0 Å². The lowest BCUT2D eigenvalue weighted by molar-refractivity contribution is -0.394. The molecule has 6 nitrogen and oxygen atoms in total. The minimum Gasteiger partial charge on any atom is -0.390 e. The first kappa shape index (κ1) is 10.2. The Morgan fingerprint density at radius 3 is 2.62 bits per heavy atom. The van der Waals surface area contributed by atoms with Gasteiger partial charge in [-0.1, -0.05) is 17.1 Å². The van der Waals surface area contributed by atoms with Gasteiger partial charge in [0, 0.05) is 5.10 Å². The van der Waals surface area contributed by atoms with Crippen LogP contribution in [-0.2, 0) is 6.54 Å². The van der Waals surface area contributed by atoms with E-state index in [1.807, 2.05) is 0 Å². The zero-order valence-electron chi connectivity index (χ0n) is 8.08. The van der Waals surface area contributed by atoms with Crippen LogP contribution in [0.2, 0.25) is 0 Å². The molecule has 0 saturated carbocycles. The Labute approximate surface area is 89.5 Å². The van der Waals surface area contributed by atoms with Gasteiger partial charge in [-0.3, -0.25) is 0 Å². The molecule has 0 aliphatic heterocycles. The fourth-order valence-electron chi connectivity index (χ4n) is 1.22. The Morgan fingerprint density at radius 1 is 1.38 bits per heavy atom. The molecule has 0 aliphatic carbocycles. The maximum atomic E-state index is 12.6. The summed E-state index contributed by atoms with van der Waals surface area (Å²) in [7, 11) is 0. The minimum atomic E-state index is -0.666. The maximum Gasteiger partial charge on any atom is 0.490 e. The monoisotopic (exact) mass is 222 g/mol. The molecule has 0 N–H and O–H groups in total. The molecule has 7 heteroatoms. The van der Waals surface area contributed by atoms with E-state index in [0.717, 1.165) is 5.56 Å². The first-order chi connectivity index (χ1) is 7.65. The van der Waals surface area contributed by atoms with E-state index in [1.54, 1.807) is 12.1 Å². The van der Waals surface area contributed by atoms with Crippen LogP contribution in [0.25, 0.3) is 0 Å². The molecule has 1 aromatic carbocycles. The second kappa shape index (κ2) is 4.05. The Kier molecular flexibility index (Phi) is 2.59. The summed E-state index contributed by atoms with van der Waals surface area (Å²) in [6.07, 6.45) is 1.27. The SMILES string of the molecule is O=[N+]([O-])c1ncn(Cc2ccc(F)cc2)n1. The number of nitrogens with zero attached hydrogens (tertiary/aromatic N) is 4. The smallest absolute Gasteiger partial charge is 0.390 e. The highest BCUT2D eigenvalue weighted by atomic mass is 19.1. The molecule has 1 heterocycles. The Hall–Kier alpha value is -2.31. The summed E-state index contributed by atoms with van der Waals surface area (Å²) in [5.41, 5.74) is 0.793. The van der Waals surface area contributed by atoms with Crippen LogP contribution in [0.5, 0.6) is 0 Å². The molecule has 0 amide bonds. The van der Waals surface area contributed by atoms with Gasteiger partial charge in [0.1, 0.15) is 5.82 Å². The Bertz CT molecular complexity index is 508. The average molecular weight is 222 g/mol. The van der Waals surface area contributed by atoms with Crippen LogP contribution in [0, 0.1) is 15.9 Å². The van der Waals surface area contributed by atoms with E-state index in [0.29, 0.717) is 6.54 Å². The van der Waals surface area contributed by atoms with Crippen LogP contribution in [0.3, 0.4) is 0 Å². The summed E-state index contributed by atoms with van der Waals surface area (Å²) < 4.78 is 13.9. The van der Waals surface area contributed by atoms with Gasteiger partial charge in [-0.25, -0.2) is 4.39 Å². The number of aromatic nitrogens is 3. The van der Waals surface area contributed by atoms with Gasteiger partial charge in [0.05, 0.1) is 6.54 Å². The lowest BCUT2D eigenvalue weighted by Crippen LogP contribution is -2.01. The molecular weight excluding hydrogens is 215 g/mol. The van der Waals surface area contributed by atoms with Gasteiger partial charge in [-0.05, 0) is 22.6 Å². The Morgan fingerprint density at radius 2 is 2.06 bits per heavy atom. The molecule has 0 bridgehead atoms. The highest BCUT2D eigenvalue weighted by Crippen LogP contribution is 2.06. The highest BCUT2D eigenvalue weighted by Gasteiger charge is 2.12. The summed E-state index contributed by atoms with van der Waals surface area (Å²) in [6.45, 7) is 0.321. The molecule has 0 atom stereocenters. The van der Waals surface area contributed by atoms with Gasteiger partial charge in [-0.2, -0.15) is 4.68 Å². The lowest BCUT2D eigenvalue weighted by atomic mass is 10.2. The van der Waals surface area contributed by atoms with Crippen LogP contribution in [-0.4, -0.2) is 19.7 Å². The first-order valence-electron chi connectivity index (χ1n) is 4.43. The molecule has 82 valence electrons. The van der Waals surface area contributed by atoms with Crippen LogP contribution in [0.1, 0.15) is 5.56 Å². The quantitative estimate of drug-likeness (QED) is 0.580. The molecule has 0 radical (unpaired) electrons. The lowest BCUT2D eigenvalue weighted by Gasteiger charge is -1.97. The molecule has 2 aromatic rings. The topological polar surface area (TPSA) is 73.8 Å². The second-order valence-electron chi connectivity index (χ2n) is 3.13. The summed E-state index contributed by atoms with van der Waals surface area (Å²) in [5.74, 6) is -0.768. The minimum absolute atomic E-state index is 0.321. The summed E-state index contributed by atoms with van der Waals surface area (Å²) in [5, 5.41) is 14.0. The highest BCUT2D eigenvalue weighted by molar-refractivity contribution is 5.16. The average Bonchev–Trinajstić information content (AvgIpc) is 2.70. The van der Waals surface area contributed by atoms with Crippen LogP contribution in [0.15, 0.2) is 30.6 Å². The van der Waals surface area contributed by atoms with Crippen molar-refractivity contribution in [1.29, 1.82) is 0 Å². The number of rotatable bonds is 3. The van der Waals surface area contributed by atoms with E-state index in [4.69, 9.17) is 0 Å².